The third kappa shape index (κ3) is 5.91. The number of aromatic hydroxyl groups is 1. The Morgan fingerprint density at radius 2 is 1.84 bits per heavy atom. The SMILES string of the molecule is C#Cc1c(F)ccc2cc(O)cc(-c3ncc4c(N5CC6CC7CCC7CC(C5)N6)nc(OCC5(CN6CCC[C@H](C#N)C6)CC5)nc4c3F)c12. The molecule has 2 bridgehead atoms. The number of hydrogen-bond donors (Lipinski definition) is 2. The number of phenolic OH excluding ortho intramolecular Hbond substituents is 1. The van der Waals surface area contributed by atoms with Gasteiger partial charge in [0.1, 0.15) is 28.6 Å². The molecule has 3 saturated heterocycles. The lowest BCUT2D eigenvalue weighted by atomic mass is 9.69. The Bertz CT molecular complexity index is 2100. The first-order valence-corrected chi connectivity index (χ1v) is 18.3. The largest absolute Gasteiger partial charge is 0.508 e. The summed E-state index contributed by atoms with van der Waals surface area (Å²) in [5.41, 5.74) is 0.0457. The molecule has 2 aromatic heterocycles. The Labute approximate surface area is 296 Å². The number of nitriles is 1. The first kappa shape index (κ1) is 32.3. The predicted molar refractivity (Wildman–Crippen MR) is 190 cm³/mol. The van der Waals surface area contributed by atoms with E-state index < -0.39 is 11.6 Å². The number of fused-ring (bicyclic) bond motifs is 5. The van der Waals surface area contributed by atoms with Gasteiger partial charge in [-0.2, -0.15) is 15.2 Å². The first-order chi connectivity index (χ1) is 24.8. The third-order valence-corrected chi connectivity index (χ3v) is 12.2. The van der Waals surface area contributed by atoms with Crippen molar-refractivity contribution in [3.63, 3.8) is 0 Å². The number of nitrogens with zero attached hydrogens (tertiary/aromatic N) is 6. The van der Waals surface area contributed by atoms with Crippen LogP contribution in [-0.4, -0.2) is 76.4 Å². The maximum absolute atomic E-state index is 17.1. The van der Waals surface area contributed by atoms with Crippen LogP contribution in [0.15, 0.2) is 30.5 Å². The van der Waals surface area contributed by atoms with Gasteiger partial charge >= 0.3 is 6.01 Å². The fraction of sp³-hybridized carbons (Fsp3) is 0.500. The Hall–Kier alpha value is -4.58. The molecule has 5 fully saturated rings. The first-order valence-electron chi connectivity index (χ1n) is 18.3. The number of piperazine rings is 1. The second-order valence-corrected chi connectivity index (χ2v) is 15.7. The summed E-state index contributed by atoms with van der Waals surface area (Å²) >= 11 is 0. The lowest BCUT2D eigenvalue weighted by Gasteiger charge is -2.38. The average molecular weight is 690 g/mol. The summed E-state index contributed by atoms with van der Waals surface area (Å²) in [5, 5.41) is 25.2. The summed E-state index contributed by atoms with van der Waals surface area (Å²) in [4.78, 5) is 18.9. The van der Waals surface area contributed by atoms with Gasteiger partial charge in [0.25, 0.3) is 0 Å². The second-order valence-electron chi connectivity index (χ2n) is 15.7. The van der Waals surface area contributed by atoms with Gasteiger partial charge in [0.15, 0.2) is 5.82 Å². The molecule has 4 unspecified atom stereocenters. The molecule has 0 amide bonds. The molecule has 2 N–H and O–H groups in total. The molecule has 2 saturated carbocycles. The van der Waals surface area contributed by atoms with E-state index in [9.17, 15) is 14.8 Å². The molecule has 9 rings (SSSR count). The Kier molecular flexibility index (Phi) is 7.97. The zero-order chi connectivity index (χ0) is 34.9. The number of ether oxygens (including phenoxy) is 1. The van der Waals surface area contributed by atoms with E-state index in [2.05, 4.69) is 37.1 Å². The molecule has 2 aromatic carbocycles. The minimum absolute atomic E-state index is 0.0295. The highest BCUT2D eigenvalue weighted by Crippen LogP contribution is 2.48. The van der Waals surface area contributed by atoms with Crippen LogP contribution in [0.3, 0.4) is 0 Å². The number of nitrogens with one attached hydrogen (secondary N) is 1. The van der Waals surface area contributed by atoms with Gasteiger partial charge in [-0.15, -0.1) is 6.42 Å². The molecule has 5 heterocycles. The van der Waals surface area contributed by atoms with Crippen molar-refractivity contribution in [1.29, 1.82) is 5.26 Å². The van der Waals surface area contributed by atoms with Crippen molar-refractivity contribution < 1.29 is 18.6 Å². The number of aromatic nitrogens is 3. The minimum Gasteiger partial charge on any atom is -0.508 e. The molecule has 4 aromatic rings. The maximum Gasteiger partial charge on any atom is 0.319 e. The molecule has 2 aliphatic carbocycles. The number of rotatable bonds is 7. The Morgan fingerprint density at radius 1 is 1.06 bits per heavy atom. The van der Waals surface area contributed by atoms with E-state index in [0.717, 1.165) is 83.1 Å². The zero-order valence-corrected chi connectivity index (χ0v) is 28.5. The number of anilines is 1. The standard InChI is InChI=1S/C40H41F2N7O2/c1-2-30-33(41)8-7-26-14-29(50)15-31(34(26)30)36-35(42)37-32(17-44-36)38(49-19-27-12-24-5-6-25(24)13-28(20-49)45-27)47-39(46-37)51-22-40(9-10-40)21-48-11-3-4-23(16-43)18-48/h1,7-8,14-15,17,23-25,27-28,45,50H,3-6,9-13,18-22H2/t23-,24?,25?,27?,28?/m1/s1. The highest BCUT2D eigenvalue weighted by Gasteiger charge is 2.46. The summed E-state index contributed by atoms with van der Waals surface area (Å²) in [6, 6.07) is 8.73. The molecular formula is C40H41F2N7O2. The number of pyridine rings is 1. The number of terminal acetylenes is 1. The van der Waals surface area contributed by atoms with Crippen LogP contribution in [-0.2, 0) is 0 Å². The molecule has 5 aliphatic rings. The summed E-state index contributed by atoms with van der Waals surface area (Å²) in [6.45, 7) is 4.45. The van der Waals surface area contributed by atoms with Gasteiger partial charge in [0, 0.05) is 60.8 Å². The predicted octanol–water partition coefficient (Wildman–Crippen LogP) is 6.17. The van der Waals surface area contributed by atoms with Crippen molar-refractivity contribution in [2.24, 2.45) is 23.2 Å². The van der Waals surface area contributed by atoms with Crippen LogP contribution in [0.2, 0.25) is 0 Å². The molecule has 51 heavy (non-hydrogen) atoms. The molecule has 0 radical (unpaired) electrons. The fourth-order valence-corrected chi connectivity index (χ4v) is 9.28. The number of piperidine rings is 1. The average Bonchev–Trinajstić information content (AvgIpc) is 3.91. The van der Waals surface area contributed by atoms with E-state index in [4.69, 9.17) is 16.1 Å². The van der Waals surface area contributed by atoms with Gasteiger partial charge in [0.2, 0.25) is 0 Å². The Morgan fingerprint density at radius 3 is 2.55 bits per heavy atom. The van der Waals surface area contributed by atoms with E-state index in [1.807, 2.05) is 0 Å². The zero-order valence-electron chi connectivity index (χ0n) is 28.5. The van der Waals surface area contributed by atoms with Crippen LogP contribution in [0.1, 0.15) is 56.9 Å². The summed E-state index contributed by atoms with van der Waals surface area (Å²) in [7, 11) is 0. The summed E-state index contributed by atoms with van der Waals surface area (Å²) < 4.78 is 38.4. The fourth-order valence-electron chi connectivity index (χ4n) is 9.28. The molecule has 3 aliphatic heterocycles. The number of phenols is 1. The third-order valence-electron chi connectivity index (χ3n) is 12.2. The molecule has 0 spiro atoms. The van der Waals surface area contributed by atoms with E-state index >= 15 is 4.39 Å². The summed E-state index contributed by atoms with van der Waals surface area (Å²) in [6.07, 6.45) is 16.1. The van der Waals surface area contributed by atoms with Crippen LogP contribution in [0.25, 0.3) is 32.9 Å². The van der Waals surface area contributed by atoms with Gasteiger partial charge in [-0.25, -0.2) is 8.78 Å². The normalized spacial score (nSPS) is 26.8. The number of halogens is 2. The van der Waals surface area contributed by atoms with E-state index in [1.165, 1.54) is 37.1 Å². The Balaban J connectivity index is 1.11. The van der Waals surface area contributed by atoms with E-state index in [1.54, 1.807) is 6.20 Å². The summed E-state index contributed by atoms with van der Waals surface area (Å²) in [5.74, 6) is 3.10. The molecule has 9 nitrogen and oxygen atoms in total. The van der Waals surface area contributed by atoms with Crippen LogP contribution in [0.4, 0.5) is 14.6 Å². The van der Waals surface area contributed by atoms with Crippen molar-refractivity contribution >= 4 is 27.5 Å². The van der Waals surface area contributed by atoms with Gasteiger partial charge in [-0.3, -0.25) is 4.98 Å². The van der Waals surface area contributed by atoms with Crippen LogP contribution < -0.4 is 15.0 Å². The highest BCUT2D eigenvalue weighted by molar-refractivity contribution is 6.03. The molecular weight excluding hydrogens is 648 g/mol. The van der Waals surface area contributed by atoms with Gasteiger partial charge in [-0.1, -0.05) is 12.0 Å². The number of hydrogen-bond acceptors (Lipinski definition) is 9. The quantitative estimate of drug-likeness (QED) is 0.220. The van der Waals surface area contributed by atoms with Crippen molar-refractivity contribution in [1.82, 2.24) is 25.2 Å². The smallest absolute Gasteiger partial charge is 0.319 e. The minimum atomic E-state index is -0.720. The monoisotopic (exact) mass is 689 g/mol. The van der Waals surface area contributed by atoms with Crippen LogP contribution >= 0.6 is 0 Å². The molecule has 262 valence electrons. The van der Waals surface area contributed by atoms with Crippen molar-refractivity contribution in [3.05, 3.63) is 47.7 Å². The second kappa shape index (κ2) is 12.6. The van der Waals surface area contributed by atoms with Crippen molar-refractivity contribution in [2.45, 2.75) is 63.5 Å². The van der Waals surface area contributed by atoms with Crippen molar-refractivity contribution in [2.75, 3.05) is 44.2 Å². The molecule has 11 heteroatoms. The van der Waals surface area contributed by atoms with Gasteiger partial charge in [0.05, 0.1) is 29.5 Å². The van der Waals surface area contributed by atoms with Gasteiger partial charge < -0.3 is 25.0 Å². The molecule has 5 atom stereocenters. The number of benzene rings is 2. The van der Waals surface area contributed by atoms with Crippen molar-refractivity contribution in [3.8, 4) is 41.4 Å². The number of likely N-dealkylation sites (tertiary alicyclic amines) is 1. The van der Waals surface area contributed by atoms with E-state index in [-0.39, 0.29) is 45.4 Å². The van der Waals surface area contributed by atoms with E-state index in [0.29, 0.717) is 40.7 Å². The lowest BCUT2D eigenvalue weighted by Crippen LogP contribution is -2.56. The topological polar surface area (TPSA) is 110 Å². The van der Waals surface area contributed by atoms with Crippen LogP contribution in [0, 0.1) is 58.5 Å². The van der Waals surface area contributed by atoms with Gasteiger partial charge in [-0.05, 0) is 93.3 Å². The lowest BCUT2D eigenvalue weighted by molar-refractivity contribution is 0.126. The highest BCUT2D eigenvalue weighted by atomic mass is 19.1. The maximum atomic E-state index is 17.1. The van der Waals surface area contributed by atoms with Crippen LogP contribution in [0.5, 0.6) is 11.8 Å².